The minimum atomic E-state index is 0.718. The van der Waals surface area contributed by atoms with Crippen LogP contribution in [0.25, 0.3) is 0 Å². The maximum atomic E-state index is 3.77. The maximum absolute atomic E-state index is 3.77. The molecule has 0 amide bonds. The van der Waals surface area contributed by atoms with Crippen LogP contribution in [0.4, 0.5) is 0 Å². The molecule has 2 heteroatoms. The molecule has 16 heavy (non-hydrogen) atoms. The number of rotatable bonds is 3. The minimum Gasteiger partial charge on any atom is -0.309 e. The second kappa shape index (κ2) is 5.33. The first-order chi connectivity index (χ1) is 7.68. The summed E-state index contributed by atoms with van der Waals surface area (Å²) in [7, 11) is 0. The lowest BCUT2D eigenvalue weighted by atomic mass is 9.79. The Balaban J connectivity index is 1.91. The molecule has 1 aliphatic carbocycles. The lowest BCUT2D eigenvalue weighted by molar-refractivity contribution is 0.208. The van der Waals surface area contributed by atoms with Crippen LogP contribution in [-0.4, -0.2) is 6.04 Å². The molecule has 0 saturated heterocycles. The topological polar surface area (TPSA) is 12.0 Å². The molecule has 1 nitrogen and oxygen atoms in total. The van der Waals surface area contributed by atoms with Gasteiger partial charge < -0.3 is 5.32 Å². The van der Waals surface area contributed by atoms with Crippen LogP contribution >= 0.6 is 11.3 Å². The van der Waals surface area contributed by atoms with E-state index in [0.717, 1.165) is 24.4 Å². The van der Waals surface area contributed by atoms with Crippen molar-refractivity contribution in [3.05, 3.63) is 21.9 Å². The van der Waals surface area contributed by atoms with Gasteiger partial charge in [-0.05, 0) is 48.6 Å². The van der Waals surface area contributed by atoms with Gasteiger partial charge in [0.1, 0.15) is 0 Å². The third kappa shape index (κ3) is 2.67. The Morgan fingerprint density at radius 3 is 2.56 bits per heavy atom. The molecule has 0 spiro atoms. The molecule has 2 atom stereocenters. The maximum Gasteiger partial charge on any atom is 0.0305 e. The molecule has 1 fully saturated rings. The Labute approximate surface area is 103 Å². The average molecular weight is 237 g/mol. The monoisotopic (exact) mass is 237 g/mol. The van der Waals surface area contributed by atoms with E-state index in [2.05, 4.69) is 37.5 Å². The van der Waals surface area contributed by atoms with Gasteiger partial charge in [-0.15, -0.1) is 11.3 Å². The van der Waals surface area contributed by atoms with Crippen LogP contribution in [0.2, 0.25) is 0 Å². The van der Waals surface area contributed by atoms with E-state index in [1.165, 1.54) is 29.7 Å². The molecule has 1 aromatic heterocycles. The highest BCUT2D eigenvalue weighted by atomic mass is 32.1. The summed E-state index contributed by atoms with van der Waals surface area (Å²) in [4.78, 5) is 1.50. The summed E-state index contributed by atoms with van der Waals surface area (Å²) in [5.74, 6) is 1.67. The Morgan fingerprint density at radius 2 is 2.00 bits per heavy atom. The molecule has 0 radical (unpaired) electrons. The van der Waals surface area contributed by atoms with Crippen LogP contribution in [0.5, 0.6) is 0 Å². The van der Waals surface area contributed by atoms with Crippen molar-refractivity contribution in [2.75, 3.05) is 0 Å². The fourth-order valence-corrected chi connectivity index (χ4v) is 3.74. The SMILES string of the molecule is Cc1ccsc1CNC1C(C)CCCC1C. The van der Waals surface area contributed by atoms with Crippen LogP contribution in [0.1, 0.15) is 43.6 Å². The molecular weight excluding hydrogens is 214 g/mol. The van der Waals surface area contributed by atoms with Gasteiger partial charge in [-0.1, -0.05) is 20.3 Å². The Bertz CT molecular complexity index is 321. The first-order valence-electron chi connectivity index (χ1n) is 6.45. The standard InChI is InChI=1S/C14H23NS/c1-10-7-8-16-13(10)9-15-14-11(2)5-4-6-12(14)3/h7-8,11-12,14-15H,4-6,9H2,1-3H3. The predicted octanol–water partition coefficient (Wildman–Crippen LogP) is 3.97. The fourth-order valence-electron chi connectivity index (χ4n) is 2.88. The van der Waals surface area contributed by atoms with Crippen LogP contribution in [0.15, 0.2) is 11.4 Å². The third-order valence-electron chi connectivity index (χ3n) is 4.01. The van der Waals surface area contributed by atoms with Gasteiger partial charge in [0.15, 0.2) is 0 Å². The number of nitrogens with one attached hydrogen (secondary N) is 1. The molecule has 0 aromatic carbocycles. The van der Waals surface area contributed by atoms with E-state index in [0.29, 0.717) is 0 Å². The summed E-state index contributed by atoms with van der Waals surface area (Å²) < 4.78 is 0. The lowest BCUT2D eigenvalue weighted by Gasteiger charge is -2.35. The smallest absolute Gasteiger partial charge is 0.0305 e. The van der Waals surface area contributed by atoms with Gasteiger partial charge in [-0.3, -0.25) is 0 Å². The molecule has 2 rings (SSSR count). The number of hydrogen-bond donors (Lipinski definition) is 1. The van der Waals surface area contributed by atoms with Gasteiger partial charge in [0.25, 0.3) is 0 Å². The third-order valence-corrected chi connectivity index (χ3v) is 5.03. The lowest BCUT2D eigenvalue weighted by Crippen LogP contribution is -2.42. The summed E-state index contributed by atoms with van der Waals surface area (Å²) in [5, 5.41) is 5.97. The quantitative estimate of drug-likeness (QED) is 0.838. The minimum absolute atomic E-state index is 0.718. The normalized spacial score (nSPS) is 30.6. The summed E-state index contributed by atoms with van der Waals surface area (Å²) in [6.45, 7) is 8.06. The zero-order valence-electron chi connectivity index (χ0n) is 10.6. The molecule has 0 aliphatic heterocycles. The number of thiophene rings is 1. The fraction of sp³-hybridized carbons (Fsp3) is 0.714. The van der Waals surface area contributed by atoms with Crippen molar-refractivity contribution in [1.29, 1.82) is 0 Å². The first kappa shape index (κ1) is 12.1. The van der Waals surface area contributed by atoms with Gasteiger partial charge in [-0.2, -0.15) is 0 Å². The highest BCUT2D eigenvalue weighted by Gasteiger charge is 2.27. The van der Waals surface area contributed by atoms with Crippen molar-refractivity contribution in [3.63, 3.8) is 0 Å². The molecule has 1 aliphatic rings. The van der Waals surface area contributed by atoms with Crippen molar-refractivity contribution < 1.29 is 0 Å². The molecule has 0 bridgehead atoms. The van der Waals surface area contributed by atoms with E-state index in [4.69, 9.17) is 0 Å². The van der Waals surface area contributed by atoms with Crippen molar-refractivity contribution in [1.82, 2.24) is 5.32 Å². The molecular formula is C14H23NS. The van der Waals surface area contributed by atoms with Gasteiger partial charge in [0.05, 0.1) is 0 Å². The van der Waals surface area contributed by atoms with Crippen LogP contribution < -0.4 is 5.32 Å². The van der Waals surface area contributed by atoms with E-state index >= 15 is 0 Å². The summed E-state index contributed by atoms with van der Waals surface area (Å²) in [6.07, 6.45) is 4.20. The van der Waals surface area contributed by atoms with Crippen molar-refractivity contribution >= 4 is 11.3 Å². The van der Waals surface area contributed by atoms with E-state index in [-0.39, 0.29) is 0 Å². The predicted molar refractivity (Wildman–Crippen MR) is 71.9 cm³/mol. The van der Waals surface area contributed by atoms with Gasteiger partial charge >= 0.3 is 0 Å². The van der Waals surface area contributed by atoms with Crippen molar-refractivity contribution in [2.24, 2.45) is 11.8 Å². The first-order valence-corrected chi connectivity index (χ1v) is 7.33. The van der Waals surface area contributed by atoms with Crippen molar-refractivity contribution in [3.8, 4) is 0 Å². The number of aryl methyl sites for hydroxylation is 1. The highest BCUT2D eigenvalue weighted by molar-refractivity contribution is 7.10. The van der Waals surface area contributed by atoms with Crippen molar-refractivity contribution in [2.45, 2.75) is 52.6 Å². The van der Waals surface area contributed by atoms with Crippen LogP contribution in [-0.2, 0) is 6.54 Å². The molecule has 1 saturated carbocycles. The van der Waals surface area contributed by atoms with Gasteiger partial charge in [0.2, 0.25) is 0 Å². The summed E-state index contributed by atoms with van der Waals surface area (Å²) >= 11 is 1.88. The highest BCUT2D eigenvalue weighted by Crippen LogP contribution is 2.29. The Kier molecular flexibility index (Phi) is 4.04. The van der Waals surface area contributed by atoms with Gasteiger partial charge in [0, 0.05) is 17.5 Å². The second-order valence-electron chi connectivity index (χ2n) is 5.32. The number of hydrogen-bond acceptors (Lipinski definition) is 2. The van der Waals surface area contributed by atoms with E-state index < -0.39 is 0 Å². The van der Waals surface area contributed by atoms with E-state index in [9.17, 15) is 0 Å². The molecule has 90 valence electrons. The van der Waals surface area contributed by atoms with Gasteiger partial charge in [-0.25, -0.2) is 0 Å². The largest absolute Gasteiger partial charge is 0.309 e. The van der Waals surface area contributed by atoms with E-state index in [1.807, 2.05) is 11.3 Å². The van der Waals surface area contributed by atoms with Crippen LogP contribution in [0.3, 0.4) is 0 Å². The molecule has 1 heterocycles. The zero-order chi connectivity index (χ0) is 11.5. The molecule has 1 N–H and O–H groups in total. The Hall–Kier alpha value is -0.340. The Morgan fingerprint density at radius 1 is 1.31 bits per heavy atom. The average Bonchev–Trinajstić information content (AvgIpc) is 2.64. The van der Waals surface area contributed by atoms with Crippen LogP contribution in [0, 0.1) is 18.8 Å². The molecule has 1 aromatic rings. The molecule has 2 unspecified atom stereocenters. The summed E-state index contributed by atoms with van der Waals surface area (Å²) in [6, 6.07) is 2.94. The second-order valence-corrected chi connectivity index (χ2v) is 6.32. The zero-order valence-corrected chi connectivity index (χ0v) is 11.4. The van der Waals surface area contributed by atoms with E-state index in [1.54, 1.807) is 0 Å². The summed E-state index contributed by atoms with van der Waals surface area (Å²) in [5.41, 5.74) is 1.44.